The van der Waals surface area contributed by atoms with Crippen LogP contribution in [0.2, 0.25) is 0 Å². The fourth-order valence-electron chi connectivity index (χ4n) is 1.82. The minimum atomic E-state index is -0.170. The maximum Gasteiger partial charge on any atom is 0.142 e. The quantitative estimate of drug-likeness (QED) is 0.627. The summed E-state index contributed by atoms with van der Waals surface area (Å²) in [7, 11) is 1.61. The van der Waals surface area contributed by atoms with Gasteiger partial charge in [-0.25, -0.2) is 5.43 Å². The van der Waals surface area contributed by atoms with Crippen LogP contribution in [0.4, 0.5) is 0 Å². The van der Waals surface area contributed by atoms with Gasteiger partial charge in [-0.3, -0.25) is 15.8 Å². The third-order valence-electron chi connectivity index (χ3n) is 2.78. The number of aromatic nitrogens is 2. The molecule has 5 nitrogen and oxygen atoms in total. The maximum atomic E-state index is 5.64. The highest BCUT2D eigenvalue weighted by atomic mass is 16.5. The summed E-state index contributed by atoms with van der Waals surface area (Å²) in [6, 6.07) is 5.65. The molecular formula is C13H16N4O. The molecule has 0 aliphatic rings. The molecule has 1 unspecified atom stereocenters. The van der Waals surface area contributed by atoms with Crippen LogP contribution in [0.3, 0.4) is 0 Å². The van der Waals surface area contributed by atoms with E-state index in [1.807, 2.05) is 25.1 Å². The third kappa shape index (κ3) is 2.47. The number of rotatable bonds is 4. The Morgan fingerprint density at radius 3 is 2.72 bits per heavy atom. The summed E-state index contributed by atoms with van der Waals surface area (Å²) in [4.78, 5) is 8.31. The van der Waals surface area contributed by atoms with E-state index < -0.39 is 0 Å². The molecule has 0 amide bonds. The second-order valence-electron chi connectivity index (χ2n) is 3.95. The lowest BCUT2D eigenvalue weighted by Crippen LogP contribution is -2.29. The Kier molecular flexibility index (Phi) is 3.86. The number of ether oxygens (including phenoxy) is 1. The van der Waals surface area contributed by atoms with Gasteiger partial charge >= 0.3 is 0 Å². The van der Waals surface area contributed by atoms with Gasteiger partial charge < -0.3 is 4.74 Å². The molecule has 2 heterocycles. The van der Waals surface area contributed by atoms with Gasteiger partial charge in [-0.15, -0.1) is 0 Å². The summed E-state index contributed by atoms with van der Waals surface area (Å²) in [5.41, 5.74) is 5.66. The molecular weight excluding hydrogens is 228 g/mol. The first-order valence-corrected chi connectivity index (χ1v) is 5.63. The van der Waals surface area contributed by atoms with Gasteiger partial charge in [-0.1, -0.05) is 6.07 Å². The van der Waals surface area contributed by atoms with E-state index in [9.17, 15) is 0 Å². The van der Waals surface area contributed by atoms with Crippen LogP contribution >= 0.6 is 0 Å². The van der Waals surface area contributed by atoms with Crippen molar-refractivity contribution in [1.82, 2.24) is 15.4 Å². The molecule has 2 rings (SSSR count). The van der Waals surface area contributed by atoms with Crippen LogP contribution in [0.15, 0.2) is 36.8 Å². The lowest BCUT2D eigenvalue weighted by atomic mass is 10.0. The first-order chi connectivity index (χ1) is 8.76. The number of nitrogens with zero attached hydrogens (tertiary/aromatic N) is 2. The number of methoxy groups -OCH3 is 1. The number of nitrogens with two attached hydrogens (primary N) is 1. The number of hydrazine groups is 1. The Morgan fingerprint density at radius 2 is 2.11 bits per heavy atom. The Hall–Kier alpha value is -1.98. The van der Waals surface area contributed by atoms with E-state index in [2.05, 4.69) is 15.4 Å². The van der Waals surface area contributed by atoms with E-state index in [0.29, 0.717) is 5.75 Å². The van der Waals surface area contributed by atoms with Crippen LogP contribution in [0.5, 0.6) is 5.75 Å². The molecule has 0 radical (unpaired) electrons. The van der Waals surface area contributed by atoms with Crippen molar-refractivity contribution in [1.29, 1.82) is 0 Å². The third-order valence-corrected chi connectivity index (χ3v) is 2.78. The molecule has 0 spiro atoms. The van der Waals surface area contributed by atoms with Gasteiger partial charge in [-0.05, 0) is 24.6 Å². The van der Waals surface area contributed by atoms with E-state index >= 15 is 0 Å². The van der Waals surface area contributed by atoms with Gasteiger partial charge in [0.2, 0.25) is 0 Å². The summed E-state index contributed by atoms with van der Waals surface area (Å²) in [5, 5.41) is 0. The van der Waals surface area contributed by atoms with E-state index in [4.69, 9.17) is 10.6 Å². The first-order valence-electron chi connectivity index (χ1n) is 5.63. The van der Waals surface area contributed by atoms with Crippen LogP contribution in [-0.2, 0) is 0 Å². The number of hydrogen-bond donors (Lipinski definition) is 2. The van der Waals surface area contributed by atoms with Crippen molar-refractivity contribution in [3.63, 3.8) is 0 Å². The van der Waals surface area contributed by atoms with Gasteiger partial charge in [0.05, 0.1) is 19.3 Å². The van der Waals surface area contributed by atoms with Crippen molar-refractivity contribution in [3.8, 4) is 5.75 Å². The monoisotopic (exact) mass is 244 g/mol. The van der Waals surface area contributed by atoms with Crippen molar-refractivity contribution in [2.75, 3.05) is 7.11 Å². The lowest BCUT2D eigenvalue weighted by Gasteiger charge is -2.18. The molecule has 2 aromatic rings. The Morgan fingerprint density at radius 1 is 1.28 bits per heavy atom. The highest BCUT2D eigenvalue weighted by molar-refractivity contribution is 5.38. The zero-order chi connectivity index (χ0) is 13.0. The van der Waals surface area contributed by atoms with E-state index in [1.54, 1.807) is 25.7 Å². The molecule has 0 bridgehead atoms. The molecule has 3 N–H and O–H groups in total. The van der Waals surface area contributed by atoms with Crippen molar-refractivity contribution in [2.45, 2.75) is 13.0 Å². The summed E-state index contributed by atoms with van der Waals surface area (Å²) in [6.45, 7) is 1.95. The summed E-state index contributed by atoms with van der Waals surface area (Å²) in [6.07, 6.45) is 5.19. The normalized spacial score (nSPS) is 12.2. The molecule has 94 valence electrons. The zero-order valence-electron chi connectivity index (χ0n) is 10.4. The predicted octanol–water partition coefficient (Wildman–Crippen LogP) is 1.35. The number of hydrogen-bond acceptors (Lipinski definition) is 5. The first kappa shape index (κ1) is 12.5. The van der Waals surface area contributed by atoms with E-state index in [1.165, 1.54) is 0 Å². The second kappa shape index (κ2) is 5.57. The fourth-order valence-corrected chi connectivity index (χ4v) is 1.82. The molecule has 0 aliphatic heterocycles. The molecule has 0 aromatic carbocycles. The highest BCUT2D eigenvalue weighted by Crippen LogP contribution is 2.28. The SMILES string of the molecule is COc1cnccc1C(NN)c1ccc(C)nc1. The highest BCUT2D eigenvalue weighted by Gasteiger charge is 2.16. The minimum Gasteiger partial charge on any atom is -0.495 e. The largest absolute Gasteiger partial charge is 0.495 e. The van der Waals surface area contributed by atoms with Crippen molar-refractivity contribution in [3.05, 3.63) is 53.6 Å². The van der Waals surface area contributed by atoms with Crippen LogP contribution < -0.4 is 16.0 Å². The zero-order valence-corrected chi connectivity index (χ0v) is 10.4. The molecule has 5 heteroatoms. The standard InChI is InChI=1S/C13H16N4O/c1-9-3-4-10(7-16-9)13(17-14)11-5-6-15-8-12(11)18-2/h3-8,13,17H,14H2,1-2H3. The molecule has 2 aromatic heterocycles. The molecule has 0 saturated heterocycles. The summed E-state index contributed by atoms with van der Waals surface area (Å²) in [5.74, 6) is 6.34. The van der Waals surface area contributed by atoms with Crippen molar-refractivity contribution >= 4 is 0 Å². The minimum absolute atomic E-state index is 0.170. The van der Waals surface area contributed by atoms with Gasteiger partial charge in [0.25, 0.3) is 0 Å². The van der Waals surface area contributed by atoms with E-state index in [0.717, 1.165) is 16.8 Å². The van der Waals surface area contributed by atoms with E-state index in [-0.39, 0.29) is 6.04 Å². The van der Waals surface area contributed by atoms with Crippen LogP contribution in [0, 0.1) is 6.92 Å². The van der Waals surface area contributed by atoms with Gasteiger partial charge in [-0.2, -0.15) is 0 Å². The molecule has 1 atom stereocenters. The van der Waals surface area contributed by atoms with Crippen molar-refractivity contribution < 1.29 is 4.74 Å². The Bertz CT molecular complexity index is 513. The van der Waals surface area contributed by atoms with Crippen molar-refractivity contribution in [2.24, 2.45) is 5.84 Å². The van der Waals surface area contributed by atoms with Gasteiger partial charge in [0.1, 0.15) is 5.75 Å². The average Bonchev–Trinajstić information content (AvgIpc) is 2.42. The van der Waals surface area contributed by atoms with Gasteiger partial charge in [0, 0.05) is 23.7 Å². The summed E-state index contributed by atoms with van der Waals surface area (Å²) >= 11 is 0. The van der Waals surface area contributed by atoms with Crippen LogP contribution in [0.25, 0.3) is 0 Å². The average molecular weight is 244 g/mol. The lowest BCUT2D eigenvalue weighted by molar-refractivity contribution is 0.402. The van der Waals surface area contributed by atoms with Crippen LogP contribution in [-0.4, -0.2) is 17.1 Å². The Balaban J connectivity index is 2.41. The molecule has 0 fully saturated rings. The Labute approximate surface area is 106 Å². The number of aryl methyl sites for hydroxylation is 1. The molecule has 18 heavy (non-hydrogen) atoms. The smallest absolute Gasteiger partial charge is 0.142 e. The number of pyridine rings is 2. The fraction of sp³-hybridized carbons (Fsp3) is 0.231. The molecule has 0 aliphatic carbocycles. The number of nitrogens with one attached hydrogen (secondary N) is 1. The molecule has 0 saturated carbocycles. The maximum absolute atomic E-state index is 5.64. The van der Waals surface area contributed by atoms with Crippen LogP contribution in [0.1, 0.15) is 22.9 Å². The summed E-state index contributed by atoms with van der Waals surface area (Å²) < 4.78 is 5.29. The van der Waals surface area contributed by atoms with Gasteiger partial charge in [0.15, 0.2) is 0 Å². The second-order valence-corrected chi connectivity index (χ2v) is 3.95. The topological polar surface area (TPSA) is 73.1 Å². The predicted molar refractivity (Wildman–Crippen MR) is 68.9 cm³/mol.